The van der Waals surface area contributed by atoms with Gasteiger partial charge in [-0.1, -0.05) is 66.7 Å². The van der Waals surface area contributed by atoms with Crippen molar-refractivity contribution < 1.29 is 0 Å². The Balaban J connectivity index is 1.36. The Morgan fingerprint density at radius 1 is 0.500 bits per heavy atom. The first-order valence-electron chi connectivity index (χ1n) is 16.8. The second-order valence-electron chi connectivity index (χ2n) is 12.5. The third-order valence-electron chi connectivity index (χ3n) is 9.63. The van der Waals surface area contributed by atoms with E-state index >= 15 is 0 Å². The van der Waals surface area contributed by atoms with Gasteiger partial charge in [-0.2, -0.15) is 0 Å². The molecule has 236 valence electrons. The summed E-state index contributed by atoms with van der Waals surface area (Å²) in [5, 5.41) is 3.65. The highest BCUT2D eigenvalue weighted by atomic mass is 15.1. The predicted octanol–water partition coefficient (Wildman–Crippen LogP) is 9.66. The molecule has 1 aliphatic rings. The third kappa shape index (κ3) is 4.40. The highest BCUT2D eigenvalue weighted by molar-refractivity contribution is 6.10. The number of benzene rings is 4. The van der Waals surface area contributed by atoms with Crippen molar-refractivity contribution in [3.63, 3.8) is 0 Å². The fourth-order valence-electron chi connectivity index (χ4n) is 7.48. The molecule has 0 saturated heterocycles. The van der Waals surface area contributed by atoms with Gasteiger partial charge in [0, 0.05) is 63.3 Å². The molecule has 0 radical (unpaired) electrons. The third-order valence-corrected chi connectivity index (χ3v) is 9.63. The number of nitrogens with zero attached hydrogens (tertiary/aromatic N) is 7. The molecule has 4 aromatic carbocycles. The summed E-state index contributed by atoms with van der Waals surface area (Å²) >= 11 is 0. The zero-order chi connectivity index (χ0) is 33.0. The lowest BCUT2D eigenvalue weighted by Crippen LogP contribution is -2.09. The molecule has 0 fully saturated rings. The van der Waals surface area contributed by atoms with Crippen molar-refractivity contribution in [2.75, 3.05) is 0 Å². The topological polar surface area (TPSA) is 74.3 Å². The van der Waals surface area contributed by atoms with Crippen LogP contribution < -0.4 is 0 Å². The van der Waals surface area contributed by atoms with Gasteiger partial charge in [-0.3, -0.25) is 9.97 Å². The largest absolute Gasteiger partial charge is 0.307 e. The molecule has 0 saturated carbocycles. The van der Waals surface area contributed by atoms with Crippen LogP contribution in [0.4, 0.5) is 0 Å². The first-order chi connectivity index (χ1) is 24.8. The van der Waals surface area contributed by atoms with Gasteiger partial charge in [0.1, 0.15) is 0 Å². The molecule has 0 spiro atoms. The number of aryl methyl sites for hydroxylation is 1. The van der Waals surface area contributed by atoms with Gasteiger partial charge in [0.15, 0.2) is 17.5 Å². The lowest BCUT2D eigenvalue weighted by atomic mass is 10.0. The fourth-order valence-corrected chi connectivity index (χ4v) is 7.48. The summed E-state index contributed by atoms with van der Waals surface area (Å²) in [4.78, 5) is 24.1. The lowest BCUT2D eigenvalue weighted by molar-refractivity contribution is 0.961. The molecule has 7 nitrogen and oxygen atoms in total. The summed E-state index contributed by atoms with van der Waals surface area (Å²) in [6, 6.07) is 40.2. The van der Waals surface area contributed by atoms with Crippen molar-refractivity contribution in [2.24, 2.45) is 0 Å². The zero-order valence-electron chi connectivity index (χ0n) is 27.0. The zero-order valence-corrected chi connectivity index (χ0v) is 27.0. The van der Waals surface area contributed by atoms with E-state index in [2.05, 4.69) is 122 Å². The molecule has 0 unspecified atom stereocenters. The number of hydrogen-bond acceptors (Lipinski definition) is 5. The van der Waals surface area contributed by atoms with Crippen LogP contribution in [0.25, 0.3) is 84.3 Å². The Bertz CT molecular complexity index is 2650. The molecule has 1 aliphatic carbocycles. The molecular formula is C43H29N7. The Kier molecular flexibility index (Phi) is 6.48. The van der Waals surface area contributed by atoms with Gasteiger partial charge in [0.05, 0.1) is 27.9 Å². The molecule has 50 heavy (non-hydrogen) atoms. The van der Waals surface area contributed by atoms with Gasteiger partial charge < -0.3 is 9.13 Å². The van der Waals surface area contributed by atoms with Crippen LogP contribution in [0, 0.1) is 0 Å². The summed E-state index contributed by atoms with van der Waals surface area (Å²) < 4.78 is 4.81. The average molecular weight is 644 g/mol. The van der Waals surface area contributed by atoms with Crippen molar-refractivity contribution in [1.29, 1.82) is 0 Å². The second-order valence-corrected chi connectivity index (χ2v) is 12.5. The van der Waals surface area contributed by atoms with Gasteiger partial charge in [-0.25, -0.2) is 15.0 Å². The number of allylic oxidation sites excluding steroid dienone is 1. The van der Waals surface area contributed by atoms with Crippen LogP contribution in [0.2, 0.25) is 0 Å². The predicted molar refractivity (Wildman–Crippen MR) is 200 cm³/mol. The Hall–Kier alpha value is -6.73. The first kappa shape index (κ1) is 28.3. The number of para-hydroxylation sites is 4. The minimum atomic E-state index is 0.548. The Labute approximate surface area is 287 Å². The van der Waals surface area contributed by atoms with Crippen LogP contribution in [0.3, 0.4) is 0 Å². The van der Waals surface area contributed by atoms with Gasteiger partial charge in [0.25, 0.3) is 0 Å². The molecule has 5 heterocycles. The first-order valence-corrected chi connectivity index (χ1v) is 16.8. The van der Waals surface area contributed by atoms with Crippen molar-refractivity contribution in [3.8, 4) is 45.5 Å². The smallest absolute Gasteiger partial charge is 0.166 e. The van der Waals surface area contributed by atoms with Gasteiger partial charge >= 0.3 is 0 Å². The minimum Gasteiger partial charge on any atom is -0.307 e. The van der Waals surface area contributed by atoms with E-state index in [-0.39, 0.29) is 0 Å². The molecule has 7 heteroatoms. The molecule has 0 N–H and O–H groups in total. The fraction of sp³-hybridized carbons (Fsp3) is 0.0465. The SMILES string of the molecule is C1=Cc2c(c3ccccc3n2-c2cccc(-c3nc(-c4cccnc4)nc(-c4cccnc4)n3)c2-n2c3ccccc3c3ccccc32)CC1. The molecule has 9 aromatic rings. The highest BCUT2D eigenvalue weighted by Gasteiger charge is 2.26. The lowest BCUT2D eigenvalue weighted by Gasteiger charge is -2.21. The summed E-state index contributed by atoms with van der Waals surface area (Å²) in [6.45, 7) is 0. The van der Waals surface area contributed by atoms with E-state index in [4.69, 9.17) is 15.0 Å². The standard InChI is InChI=1S/C43H29N7/c1-5-19-35-30(14-1)31-15-2-6-20-36(31)49(35)39-23-9-18-34(40(39)50-37-21-7-3-16-32(37)33-17-4-8-22-38(33)50)43-47-41(28-12-10-24-44-26-28)46-42(48-43)29-13-11-25-45-27-29/h1,3-14,16-27H,2,15H2. The summed E-state index contributed by atoms with van der Waals surface area (Å²) in [5.74, 6) is 1.66. The van der Waals surface area contributed by atoms with Crippen LogP contribution in [0.5, 0.6) is 0 Å². The Morgan fingerprint density at radius 2 is 1.08 bits per heavy atom. The maximum absolute atomic E-state index is 5.18. The van der Waals surface area contributed by atoms with Gasteiger partial charge in [-0.05, 0) is 79.1 Å². The number of rotatable bonds is 5. The molecular weight excluding hydrogens is 615 g/mol. The summed E-state index contributed by atoms with van der Waals surface area (Å²) in [7, 11) is 0. The Morgan fingerprint density at radius 3 is 1.70 bits per heavy atom. The van der Waals surface area contributed by atoms with Crippen LogP contribution in [-0.4, -0.2) is 34.1 Å². The molecule has 10 rings (SSSR count). The molecule has 5 aromatic heterocycles. The maximum atomic E-state index is 5.18. The molecule has 0 atom stereocenters. The monoisotopic (exact) mass is 643 g/mol. The quantitative estimate of drug-likeness (QED) is 0.187. The van der Waals surface area contributed by atoms with Crippen LogP contribution in [0.1, 0.15) is 17.7 Å². The molecule has 0 bridgehead atoms. The van der Waals surface area contributed by atoms with Crippen LogP contribution in [0.15, 0.2) is 146 Å². The van der Waals surface area contributed by atoms with Crippen molar-refractivity contribution >= 4 is 38.8 Å². The van der Waals surface area contributed by atoms with E-state index in [1.165, 1.54) is 32.9 Å². The highest BCUT2D eigenvalue weighted by Crippen LogP contribution is 2.42. The van der Waals surface area contributed by atoms with E-state index < -0.39 is 0 Å². The van der Waals surface area contributed by atoms with Crippen molar-refractivity contribution in [3.05, 3.63) is 157 Å². The van der Waals surface area contributed by atoms with E-state index in [9.17, 15) is 0 Å². The number of aromatic nitrogens is 7. The normalized spacial score (nSPS) is 12.6. The van der Waals surface area contributed by atoms with Crippen molar-refractivity contribution in [1.82, 2.24) is 34.1 Å². The molecule has 0 amide bonds. The number of pyridine rings is 2. The second kappa shape index (κ2) is 11.5. The van der Waals surface area contributed by atoms with Gasteiger partial charge in [-0.15, -0.1) is 0 Å². The van der Waals surface area contributed by atoms with Crippen LogP contribution >= 0.6 is 0 Å². The average Bonchev–Trinajstić information content (AvgIpc) is 3.71. The number of fused-ring (bicyclic) bond motifs is 6. The summed E-state index contributed by atoms with van der Waals surface area (Å²) in [6.07, 6.45) is 13.7. The van der Waals surface area contributed by atoms with E-state index in [1.54, 1.807) is 24.8 Å². The van der Waals surface area contributed by atoms with E-state index in [0.717, 1.165) is 51.9 Å². The number of hydrogen-bond donors (Lipinski definition) is 0. The van der Waals surface area contributed by atoms with E-state index in [1.807, 2.05) is 24.3 Å². The maximum Gasteiger partial charge on any atom is 0.166 e. The van der Waals surface area contributed by atoms with E-state index in [0.29, 0.717) is 17.5 Å². The van der Waals surface area contributed by atoms with Gasteiger partial charge in [0.2, 0.25) is 0 Å². The van der Waals surface area contributed by atoms with Crippen LogP contribution in [-0.2, 0) is 6.42 Å². The van der Waals surface area contributed by atoms with Crippen molar-refractivity contribution in [2.45, 2.75) is 12.8 Å². The minimum absolute atomic E-state index is 0.548. The summed E-state index contributed by atoms with van der Waals surface area (Å²) in [5.41, 5.74) is 10.5. The molecule has 0 aliphatic heterocycles.